The molecule has 2 aromatic heterocycles. The molecule has 1 N–H and O–H groups in total. The molecule has 38 heavy (non-hydrogen) atoms. The summed E-state index contributed by atoms with van der Waals surface area (Å²) in [5, 5.41) is 10.2. The summed E-state index contributed by atoms with van der Waals surface area (Å²) in [5.41, 5.74) is 2.28. The van der Waals surface area contributed by atoms with Crippen molar-refractivity contribution in [3.05, 3.63) is 35.5 Å². The van der Waals surface area contributed by atoms with Gasteiger partial charge in [0.2, 0.25) is 0 Å². The van der Waals surface area contributed by atoms with Gasteiger partial charge in [-0.1, -0.05) is 13.8 Å². The molecule has 0 aliphatic carbocycles. The fourth-order valence-electron chi connectivity index (χ4n) is 4.52. The smallest absolute Gasteiger partial charge is 0.337 e. The second kappa shape index (κ2) is 11.5. The molecule has 0 saturated carbocycles. The predicted octanol–water partition coefficient (Wildman–Crippen LogP) is 5.96. The number of aromatic nitrogens is 2. The first kappa shape index (κ1) is 29.8. The van der Waals surface area contributed by atoms with Crippen LogP contribution in [0.4, 0.5) is 10.1 Å². The number of anilines is 1. The molecule has 0 radical (unpaired) electrons. The predicted molar refractivity (Wildman–Crippen MR) is 145 cm³/mol. The van der Waals surface area contributed by atoms with Crippen LogP contribution in [0.2, 0.25) is 0 Å². The summed E-state index contributed by atoms with van der Waals surface area (Å²) in [6.45, 7) is 16.8. The zero-order chi connectivity index (χ0) is 28.4. The van der Waals surface area contributed by atoms with Crippen LogP contribution in [0.3, 0.4) is 0 Å². The molecule has 9 heteroatoms. The van der Waals surface area contributed by atoms with Crippen molar-refractivity contribution in [2.45, 2.75) is 92.1 Å². The molecule has 0 spiro atoms. The first-order valence-corrected chi connectivity index (χ1v) is 13.1. The Morgan fingerprint density at radius 2 is 1.76 bits per heavy atom. The van der Waals surface area contributed by atoms with E-state index in [0.717, 1.165) is 25.9 Å². The molecule has 3 heterocycles. The van der Waals surface area contributed by atoms with Gasteiger partial charge in [-0.3, -0.25) is 4.98 Å². The van der Waals surface area contributed by atoms with Crippen LogP contribution in [0.25, 0.3) is 11.1 Å². The third-order valence-electron chi connectivity index (χ3n) is 7.13. The van der Waals surface area contributed by atoms with Gasteiger partial charge in [-0.2, -0.15) is 0 Å². The van der Waals surface area contributed by atoms with E-state index in [1.54, 1.807) is 27.2 Å². The van der Waals surface area contributed by atoms with Crippen LogP contribution in [0.5, 0.6) is 5.88 Å². The lowest BCUT2D eigenvalue weighted by atomic mass is 9.82. The number of hydrogen-bond acceptors (Lipinski definition) is 7. The number of carboxylic acids is 1. The minimum atomic E-state index is -1.25. The molecule has 1 saturated heterocycles. The summed E-state index contributed by atoms with van der Waals surface area (Å²) in [4.78, 5) is 23.5. The molecule has 2 unspecified atom stereocenters. The average Bonchev–Trinajstić information content (AvgIpc) is 2.82. The van der Waals surface area contributed by atoms with Gasteiger partial charge < -0.3 is 24.2 Å². The molecular weight excluding hydrogens is 489 g/mol. The second-order valence-corrected chi connectivity index (χ2v) is 11.9. The number of pyridine rings is 2. The third-order valence-corrected chi connectivity index (χ3v) is 7.13. The standard InChI is InChI=1S/C29H42FN3O5/c1-17-23(25(27(34)35)38-28(4,5)6)24(33-12-10-29(7,8)11-13-33)21(16-31-17)20-14-22(30)26(32-15-20)37-19(3)18(2)36-9/h14-16,18-19,25H,10-13H2,1-9H3,(H,34,35)/t18?,19?,25-/m0/s1. The Hall–Kier alpha value is -2.78. The summed E-state index contributed by atoms with van der Waals surface area (Å²) >= 11 is 0. The highest BCUT2D eigenvalue weighted by Crippen LogP contribution is 2.43. The molecule has 3 atom stereocenters. The zero-order valence-corrected chi connectivity index (χ0v) is 24.1. The van der Waals surface area contributed by atoms with Gasteiger partial charge in [0.15, 0.2) is 11.9 Å². The number of hydrogen-bond donors (Lipinski definition) is 1. The number of carbonyl (C=O) groups is 1. The van der Waals surface area contributed by atoms with Gasteiger partial charge in [-0.15, -0.1) is 0 Å². The Bertz CT molecular complexity index is 1140. The fourth-order valence-corrected chi connectivity index (χ4v) is 4.52. The second-order valence-electron chi connectivity index (χ2n) is 11.9. The fraction of sp³-hybridized carbons (Fsp3) is 0.621. The lowest BCUT2D eigenvalue weighted by Crippen LogP contribution is -2.39. The highest BCUT2D eigenvalue weighted by Gasteiger charge is 2.36. The Morgan fingerprint density at radius 3 is 2.29 bits per heavy atom. The summed E-state index contributed by atoms with van der Waals surface area (Å²) in [6, 6.07) is 1.36. The van der Waals surface area contributed by atoms with E-state index in [1.165, 1.54) is 12.3 Å². The van der Waals surface area contributed by atoms with Crippen molar-refractivity contribution in [1.29, 1.82) is 0 Å². The quantitative estimate of drug-likeness (QED) is 0.424. The molecule has 1 aliphatic rings. The van der Waals surface area contributed by atoms with Gasteiger partial charge in [-0.05, 0) is 65.9 Å². The molecule has 3 rings (SSSR count). The van der Waals surface area contributed by atoms with Crippen LogP contribution >= 0.6 is 0 Å². The lowest BCUT2D eigenvalue weighted by molar-refractivity contribution is -0.160. The van der Waals surface area contributed by atoms with Crippen molar-refractivity contribution in [3.8, 4) is 17.0 Å². The van der Waals surface area contributed by atoms with E-state index in [0.29, 0.717) is 28.1 Å². The maximum atomic E-state index is 15.2. The average molecular weight is 532 g/mol. The molecule has 0 amide bonds. The van der Waals surface area contributed by atoms with E-state index in [2.05, 4.69) is 28.7 Å². The number of aryl methyl sites for hydroxylation is 1. The minimum Gasteiger partial charge on any atom is -0.479 e. The Labute approximate surface area is 225 Å². The number of halogens is 1. The Morgan fingerprint density at radius 1 is 1.13 bits per heavy atom. The highest BCUT2D eigenvalue weighted by atomic mass is 19.1. The van der Waals surface area contributed by atoms with Gasteiger partial charge in [-0.25, -0.2) is 14.2 Å². The van der Waals surface area contributed by atoms with Crippen molar-refractivity contribution in [2.24, 2.45) is 5.41 Å². The number of ether oxygens (including phenoxy) is 3. The maximum absolute atomic E-state index is 15.2. The zero-order valence-electron chi connectivity index (χ0n) is 24.1. The molecule has 2 aromatic rings. The number of nitrogens with zero attached hydrogens (tertiary/aromatic N) is 3. The Balaban J connectivity index is 2.16. The summed E-state index contributed by atoms with van der Waals surface area (Å²) < 4.78 is 32.3. The molecule has 0 bridgehead atoms. The molecule has 8 nitrogen and oxygen atoms in total. The van der Waals surface area contributed by atoms with Crippen LogP contribution in [0.1, 0.15) is 78.7 Å². The first-order valence-electron chi connectivity index (χ1n) is 13.1. The topological polar surface area (TPSA) is 94.0 Å². The van der Waals surface area contributed by atoms with E-state index in [-0.39, 0.29) is 17.4 Å². The normalized spacial score (nSPS) is 18.1. The number of rotatable bonds is 9. The van der Waals surface area contributed by atoms with Gasteiger partial charge in [0.25, 0.3) is 5.88 Å². The lowest BCUT2D eigenvalue weighted by Gasteiger charge is -2.40. The summed E-state index contributed by atoms with van der Waals surface area (Å²) in [7, 11) is 1.57. The molecule has 1 aliphatic heterocycles. The van der Waals surface area contributed by atoms with Gasteiger partial charge in [0.05, 0.1) is 17.4 Å². The third kappa shape index (κ3) is 6.99. The number of aliphatic carboxylic acids is 1. The Kier molecular flexibility index (Phi) is 9.04. The molecule has 210 valence electrons. The molecular formula is C29H42FN3O5. The van der Waals surface area contributed by atoms with Crippen LogP contribution in [0.15, 0.2) is 18.5 Å². The summed E-state index contributed by atoms with van der Waals surface area (Å²) in [5.74, 6) is -1.84. The molecule has 1 fully saturated rings. The van der Waals surface area contributed by atoms with E-state index >= 15 is 4.39 Å². The maximum Gasteiger partial charge on any atom is 0.337 e. The minimum absolute atomic E-state index is 0.119. The summed E-state index contributed by atoms with van der Waals surface area (Å²) in [6.07, 6.45) is 3.17. The van der Waals surface area contributed by atoms with Crippen molar-refractivity contribution in [2.75, 3.05) is 25.1 Å². The van der Waals surface area contributed by atoms with Crippen molar-refractivity contribution < 1.29 is 28.5 Å². The van der Waals surface area contributed by atoms with E-state index in [4.69, 9.17) is 14.2 Å². The van der Waals surface area contributed by atoms with Gasteiger partial charge in [0, 0.05) is 55.0 Å². The van der Waals surface area contributed by atoms with Crippen molar-refractivity contribution in [3.63, 3.8) is 0 Å². The van der Waals surface area contributed by atoms with Crippen molar-refractivity contribution >= 4 is 11.7 Å². The van der Waals surface area contributed by atoms with Crippen LogP contribution in [0, 0.1) is 18.2 Å². The number of piperidine rings is 1. The first-order chi connectivity index (χ1) is 17.6. The van der Waals surface area contributed by atoms with Crippen molar-refractivity contribution in [1.82, 2.24) is 9.97 Å². The number of carboxylic acid groups (broad SMARTS) is 1. The van der Waals surface area contributed by atoms with Crippen LogP contribution in [-0.4, -0.2) is 59.1 Å². The van der Waals surface area contributed by atoms with Gasteiger partial charge in [0.1, 0.15) is 6.10 Å². The molecule has 0 aromatic carbocycles. The highest BCUT2D eigenvalue weighted by molar-refractivity contribution is 5.86. The van der Waals surface area contributed by atoms with E-state index < -0.39 is 29.6 Å². The van der Waals surface area contributed by atoms with Crippen LogP contribution in [-0.2, 0) is 14.3 Å². The van der Waals surface area contributed by atoms with E-state index in [9.17, 15) is 9.90 Å². The van der Waals surface area contributed by atoms with Crippen LogP contribution < -0.4 is 9.64 Å². The SMILES string of the molecule is COC(C)C(C)Oc1ncc(-c2cnc(C)c([C@H](OC(C)(C)C)C(=O)O)c2N2CCC(C)(C)CC2)cc1F. The largest absolute Gasteiger partial charge is 0.479 e. The number of methoxy groups -OCH3 is 1. The van der Waals surface area contributed by atoms with E-state index in [1.807, 2.05) is 27.7 Å². The van der Waals surface area contributed by atoms with Gasteiger partial charge >= 0.3 is 5.97 Å². The monoisotopic (exact) mass is 531 g/mol.